The first kappa shape index (κ1) is 18.5. The average Bonchev–Trinajstić information content (AvgIpc) is 2.56. The van der Waals surface area contributed by atoms with Gasteiger partial charge in [0.25, 0.3) is 5.56 Å². The number of esters is 1. The van der Waals surface area contributed by atoms with Gasteiger partial charge in [0.1, 0.15) is 11.4 Å². The van der Waals surface area contributed by atoms with Gasteiger partial charge in [-0.2, -0.15) is 0 Å². The van der Waals surface area contributed by atoms with Crippen LogP contribution in [-0.4, -0.2) is 27.9 Å². The maximum absolute atomic E-state index is 12.2. The van der Waals surface area contributed by atoms with Gasteiger partial charge in [-0.25, -0.2) is 9.59 Å². The molecule has 0 bridgehead atoms. The lowest BCUT2D eigenvalue weighted by Crippen LogP contribution is -2.37. The number of H-pyrrole nitrogens is 1. The number of halogens is 1. The van der Waals surface area contributed by atoms with Crippen LogP contribution in [-0.2, 0) is 11.3 Å². The van der Waals surface area contributed by atoms with E-state index in [0.717, 1.165) is 4.57 Å². The third-order valence-corrected chi connectivity index (χ3v) is 3.72. The largest absolute Gasteiger partial charge is 0.454 e. The van der Waals surface area contributed by atoms with Gasteiger partial charge in [0.2, 0.25) is 5.78 Å². The first-order valence-corrected chi connectivity index (χ1v) is 7.82. The summed E-state index contributed by atoms with van der Waals surface area (Å²) in [6.45, 7) is 1.34. The summed E-state index contributed by atoms with van der Waals surface area (Å²) in [5, 5.41) is 0.175. The number of nitrogens with zero attached hydrogens (tertiary/aromatic N) is 1. The van der Waals surface area contributed by atoms with Crippen molar-refractivity contribution < 1.29 is 14.3 Å². The Morgan fingerprint density at radius 1 is 1.28 bits per heavy atom. The molecule has 3 N–H and O–H groups in total. The van der Waals surface area contributed by atoms with Crippen LogP contribution < -0.4 is 17.0 Å². The predicted octanol–water partition coefficient (Wildman–Crippen LogP) is 1.22. The van der Waals surface area contributed by atoms with E-state index < -0.39 is 35.2 Å². The number of carbonyl (C=O) groups excluding carboxylic acids is 2. The van der Waals surface area contributed by atoms with Gasteiger partial charge in [0.05, 0.1) is 10.6 Å². The van der Waals surface area contributed by atoms with Crippen LogP contribution in [0.2, 0.25) is 5.02 Å². The molecule has 0 aliphatic heterocycles. The van der Waals surface area contributed by atoms with E-state index in [-0.39, 0.29) is 22.9 Å². The van der Waals surface area contributed by atoms with Gasteiger partial charge in [0.15, 0.2) is 6.61 Å². The number of aromatic amines is 1. The van der Waals surface area contributed by atoms with E-state index in [1.807, 2.05) is 11.9 Å². The van der Waals surface area contributed by atoms with Crippen molar-refractivity contribution in [1.82, 2.24) is 9.55 Å². The van der Waals surface area contributed by atoms with Gasteiger partial charge >= 0.3 is 11.7 Å². The average molecular weight is 366 g/mol. The number of ketones is 1. The van der Waals surface area contributed by atoms with E-state index in [9.17, 15) is 19.2 Å². The number of aromatic nitrogens is 2. The molecule has 1 aromatic carbocycles. The molecule has 132 valence electrons. The van der Waals surface area contributed by atoms with Crippen LogP contribution in [0.3, 0.4) is 0 Å². The molecule has 2 aromatic rings. The van der Waals surface area contributed by atoms with Crippen LogP contribution in [0.15, 0.2) is 33.9 Å². The van der Waals surface area contributed by atoms with Crippen LogP contribution >= 0.6 is 11.6 Å². The second kappa shape index (κ2) is 7.80. The Morgan fingerprint density at radius 3 is 2.60 bits per heavy atom. The second-order valence-corrected chi connectivity index (χ2v) is 5.56. The minimum Gasteiger partial charge on any atom is -0.454 e. The van der Waals surface area contributed by atoms with Crippen molar-refractivity contribution in [2.75, 3.05) is 12.3 Å². The van der Waals surface area contributed by atoms with E-state index in [4.69, 9.17) is 22.1 Å². The first-order chi connectivity index (χ1) is 11.9. The molecular weight excluding hydrogens is 350 g/mol. The number of anilines is 1. The van der Waals surface area contributed by atoms with Crippen molar-refractivity contribution >= 4 is 29.2 Å². The molecule has 8 nitrogen and oxygen atoms in total. The van der Waals surface area contributed by atoms with E-state index in [1.54, 1.807) is 12.1 Å². The number of hydrogen-bond donors (Lipinski definition) is 2. The molecule has 1 aromatic heterocycles. The van der Waals surface area contributed by atoms with Gasteiger partial charge in [-0.3, -0.25) is 19.1 Å². The molecule has 0 unspecified atom stereocenters. The molecular formula is C16H16ClN3O5. The van der Waals surface area contributed by atoms with Crippen molar-refractivity contribution in [1.29, 1.82) is 0 Å². The summed E-state index contributed by atoms with van der Waals surface area (Å²) < 4.78 is 5.98. The fourth-order valence-electron chi connectivity index (χ4n) is 2.21. The van der Waals surface area contributed by atoms with Crippen LogP contribution in [0.4, 0.5) is 5.82 Å². The highest BCUT2D eigenvalue weighted by Crippen LogP contribution is 2.16. The molecule has 9 heteroatoms. The highest BCUT2D eigenvalue weighted by Gasteiger charge is 2.21. The van der Waals surface area contributed by atoms with E-state index >= 15 is 0 Å². The molecule has 0 spiro atoms. The SMILES string of the molecule is CCCn1c(N)c(C(=O)COC(=O)c2ccccc2Cl)c(=O)[nH]c1=O. The normalized spacial score (nSPS) is 10.5. The van der Waals surface area contributed by atoms with Crippen molar-refractivity contribution in [2.24, 2.45) is 0 Å². The molecule has 1 heterocycles. The quantitative estimate of drug-likeness (QED) is 0.585. The third kappa shape index (κ3) is 3.97. The van der Waals surface area contributed by atoms with Gasteiger partial charge < -0.3 is 10.5 Å². The maximum Gasteiger partial charge on any atom is 0.340 e. The summed E-state index contributed by atoms with van der Waals surface area (Å²) in [5.41, 5.74) is 3.83. The van der Waals surface area contributed by atoms with Gasteiger partial charge in [-0.1, -0.05) is 30.7 Å². The lowest BCUT2D eigenvalue weighted by molar-refractivity contribution is 0.0474. The Hall–Kier alpha value is -2.87. The van der Waals surface area contributed by atoms with Crippen molar-refractivity contribution in [3.63, 3.8) is 0 Å². The summed E-state index contributed by atoms with van der Waals surface area (Å²) in [7, 11) is 0. The van der Waals surface area contributed by atoms with Crippen molar-refractivity contribution in [3.05, 3.63) is 61.3 Å². The summed E-state index contributed by atoms with van der Waals surface area (Å²) in [4.78, 5) is 49.9. The number of nitrogens with two attached hydrogens (primary N) is 1. The number of nitrogen functional groups attached to an aromatic ring is 1. The highest BCUT2D eigenvalue weighted by molar-refractivity contribution is 6.33. The Bertz CT molecular complexity index is 932. The van der Waals surface area contributed by atoms with Crippen molar-refractivity contribution in [2.45, 2.75) is 19.9 Å². The molecule has 0 aliphatic rings. The molecule has 0 amide bonds. The molecule has 0 aliphatic carbocycles. The molecule has 2 rings (SSSR count). The number of benzene rings is 1. The lowest BCUT2D eigenvalue weighted by atomic mass is 10.2. The molecule has 0 atom stereocenters. The third-order valence-electron chi connectivity index (χ3n) is 3.39. The van der Waals surface area contributed by atoms with Crippen LogP contribution in [0, 0.1) is 0 Å². The molecule has 0 radical (unpaired) electrons. The Balaban J connectivity index is 2.23. The zero-order chi connectivity index (χ0) is 18.6. The van der Waals surface area contributed by atoms with E-state index in [1.165, 1.54) is 12.1 Å². The minimum absolute atomic E-state index is 0.0924. The van der Waals surface area contributed by atoms with Gasteiger partial charge in [-0.05, 0) is 18.6 Å². The van der Waals surface area contributed by atoms with Crippen molar-refractivity contribution in [3.8, 4) is 0 Å². The lowest BCUT2D eigenvalue weighted by Gasteiger charge is -2.11. The number of Topliss-reactive ketones (excluding diaryl/α,β-unsaturated/α-hetero) is 1. The smallest absolute Gasteiger partial charge is 0.340 e. The Labute approximate surface area is 147 Å². The fraction of sp³-hybridized carbons (Fsp3) is 0.250. The van der Waals surface area contributed by atoms with Gasteiger partial charge in [0, 0.05) is 6.54 Å². The number of ether oxygens (including phenoxy) is 1. The standard InChI is InChI=1S/C16H16ClN3O5/c1-2-7-20-13(18)12(14(22)19-16(20)24)11(21)8-25-15(23)9-5-3-4-6-10(9)17/h3-6H,2,7-8,18H2,1H3,(H,19,22,24). The number of carbonyl (C=O) groups is 2. The van der Waals surface area contributed by atoms with Gasteiger partial charge in [-0.15, -0.1) is 0 Å². The molecule has 0 saturated heterocycles. The second-order valence-electron chi connectivity index (χ2n) is 5.15. The summed E-state index contributed by atoms with van der Waals surface area (Å²) in [6.07, 6.45) is 0.575. The van der Waals surface area contributed by atoms with E-state index in [2.05, 4.69) is 0 Å². The molecule has 25 heavy (non-hydrogen) atoms. The van der Waals surface area contributed by atoms with Crippen LogP contribution in [0.5, 0.6) is 0 Å². The number of rotatable bonds is 6. The summed E-state index contributed by atoms with van der Waals surface area (Å²) >= 11 is 5.88. The van der Waals surface area contributed by atoms with E-state index in [0.29, 0.717) is 6.42 Å². The monoisotopic (exact) mass is 365 g/mol. The zero-order valence-corrected chi connectivity index (χ0v) is 14.1. The Morgan fingerprint density at radius 2 is 1.96 bits per heavy atom. The molecule has 0 saturated carbocycles. The van der Waals surface area contributed by atoms with Crippen LogP contribution in [0.1, 0.15) is 34.1 Å². The predicted molar refractivity (Wildman–Crippen MR) is 92.1 cm³/mol. The summed E-state index contributed by atoms with van der Waals surface area (Å²) in [6, 6.07) is 6.18. The highest BCUT2D eigenvalue weighted by atomic mass is 35.5. The Kier molecular flexibility index (Phi) is 5.76. The zero-order valence-electron chi connectivity index (χ0n) is 13.4. The number of hydrogen-bond acceptors (Lipinski definition) is 6. The van der Waals surface area contributed by atoms with Crippen LogP contribution in [0.25, 0.3) is 0 Å². The topological polar surface area (TPSA) is 124 Å². The summed E-state index contributed by atoms with van der Waals surface area (Å²) in [5.74, 6) is -1.88. The number of nitrogens with one attached hydrogen (secondary N) is 1. The minimum atomic E-state index is -0.923. The first-order valence-electron chi connectivity index (χ1n) is 7.44. The maximum atomic E-state index is 12.2. The fourth-order valence-corrected chi connectivity index (χ4v) is 2.42. The molecule has 0 fully saturated rings.